The molecule has 0 radical (unpaired) electrons. The minimum absolute atomic E-state index is 0.350. The second-order valence-corrected chi connectivity index (χ2v) is 7.66. The lowest BCUT2D eigenvalue weighted by molar-refractivity contribution is 0.0601. The fourth-order valence-corrected chi connectivity index (χ4v) is 4.18. The quantitative estimate of drug-likeness (QED) is 0.578. The van der Waals surface area contributed by atoms with E-state index in [-0.39, 0.29) is 5.97 Å². The van der Waals surface area contributed by atoms with Crippen molar-refractivity contribution in [3.05, 3.63) is 83.7 Å². The number of nitrogens with zero attached hydrogens (tertiary/aromatic N) is 2. The second-order valence-electron chi connectivity index (χ2n) is 7.66. The van der Waals surface area contributed by atoms with Crippen molar-refractivity contribution < 1.29 is 9.53 Å². The number of esters is 1. The summed E-state index contributed by atoms with van der Waals surface area (Å²) in [6.07, 6.45) is 6.69. The maximum absolute atomic E-state index is 12.0. The van der Waals surface area contributed by atoms with E-state index in [4.69, 9.17) is 4.74 Å². The highest BCUT2D eigenvalue weighted by Crippen LogP contribution is 2.35. The Morgan fingerprint density at radius 3 is 2.80 bits per heavy atom. The molecule has 5 heteroatoms. The van der Waals surface area contributed by atoms with Crippen molar-refractivity contribution in [3.63, 3.8) is 0 Å². The molecule has 0 saturated carbocycles. The van der Waals surface area contributed by atoms with Gasteiger partial charge in [0.15, 0.2) is 0 Å². The number of aryl methyl sites for hydroxylation is 1. The lowest BCUT2D eigenvalue weighted by Crippen LogP contribution is -2.20. The van der Waals surface area contributed by atoms with Crippen LogP contribution in [0.4, 0.5) is 17.1 Å². The fraction of sp³-hybridized carbons (Fsp3) is 0.280. The van der Waals surface area contributed by atoms with Crippen LogP contribution >= 0.6 is 0 Å². The average Bonchev–Trinajstić information content (AvgIpc) is 2.82. The van der Waals surface area contributed by atoms with E-state index in [2.05, 4.69) is 64.7 Å². The third kappa shape index (κ3) is 4.15. The van der Waals surface area contributed by atoms with Crippen molar-refractivity contribution in [1.82, 2.24) is 4.98 Å². The van der Waals surface area contributed by atoms with Crippen molar-refractivity contribution in [3.8, 4) is 0 Å². The first kappa shape index (κ1) is 20.0. The molecule has 5 nitrogen and oxygen atoms in total. The molecule has 1 aromatic heterocycles. The standard InChI is InChI=1S/C25H27N3O2/c1-28(20-9-4-3-5-10-20)21-11-12-22-18(15-21)7-6-8-19(22)16-27-24-17-26-14-13-23(24)25(29)30-2/h3-5,9-15,17,19,27H,6-8,16H2,1-2H3/t19-/m0/s1. The number of pyridine rings is 1. The van der Waals surface area contributed by atoms with Crippen LogP contribution in [0, 0.1) is 0 Å². The van der Waals surface area contributed by atoms with Crippen LogP contribution in [-0.2, 0) is 11.2 Å². The van der Waals surface area contributed by atoms with Gasteiger partial charge in [0.05, 0.1) is 24.6 Å². The zero-order chi connectivity index (χ0) is 20.9. The Balaban J connectivity index is 1.52. The summed E-state index contributed by atoms with van der Waals surface area (Å²) in [6, 6.07) is 18.9. The number of fused-ring (bicyclic) bond motifs is 1. The minimum atomic E-state index is -0.350. The zero-order valence-corrected chi connectivity index (χ0v) is 17.5. The number of carbonyl (C=O) groups is 1. The first-order valence-electron chi connectivity index (χ1n) is 10.3. The number of ether oxygens (including phenoxy) is 1. The topological polar surface area (TPSA) is 54.5 Å². The number of benzene rings is 2. The number of hydrogen-bond acceptors (Lipinski definition) is 5. The molecule has 0 fully saturated rings. The van der Waals surface area contributed by atoms with Crippen LogP contribution in [0.3, 0.4) is 0 Å². The largest absolute Gasteiger partial charge is 0.465 e. The molecule has 0 amide bonds. The summed E-state index contributed by atoms with van der Waals surface area (Å²) in [4.78, 5) is 18.4. The molecule has 3 aromatic rings. The summed E-state index contributed by atoms with van der Waals surface area (Å²) in [6.45, 7) is 0.760. The molecule has 1 heterocycles. The van der Waals surface area contributed by atoms with E-state index in [1.807, 2.05) is 6.07 Å². The van der Waals surface area contributed by atoms with Gasteiger partial charge in [0.1, 0.15) is 0 Å². The number of methoxy groups -OCH3 is 1. The Bertz CT molecular complexity index is 1020. The number of aromatic nitrogens is 1. The van der Waals surface area contributed by atoms with E-state index in [1.54, 1.807) is 18.5 Å². The Morgan fingerprint density at radius 1 is 1.17 bits per heavy atom. The van der Waals surface area contributed by atoms with E-state index in [9.17, 15) is 4.79 Å². The number of anilines is 3. The smallest absolute Gasteiger partial charge is 0.340 e. The highest BCUT2D eigenvalue weighted by Gasteiger charge is 2.22. The molecule has 0 spiro atoms. The fourth-order valence-electron chi connectivity index (χ4n) is 4.18. The van der Waals surface area contributed by atoms with E-state index in [1.165, 1.54) is 29.6 Å². The van der Waals surface area contributed by atoms with Gasteiger partial charge < -0.3 is 15.0 Å². The number of nitrogens with one attached hydrogen (secondary N) is 1. The highest BCUT2D eigenvalue weighted by molar-refractivity contribution is 5.95. The van der Waals surface area contributed by atoms with Crippen molar-refractivity contribution in [2.24, 2.45) is 0 Å². The van der Waals surface area contributed by atoms with E-state index in [0.717, 1.165) is 31.5 Å². The Morgan fingerprint density at radius 2 is 2.00 bits per heavy atom. The van der Waals surface area contributed by atoms with Crippen LogP contribution in [0.1, 0.15) is 40.2 Å². The minimum Gasteiger partial charge on any atom is -0.465 e. The summed E-state index contributed by atoms with van der Waals surface area (Å²) in [5.74, 6) is 0.0491. The van der Waals surface area contributed by atoms with Gasteiger partial charge in [0.25, 0.3) is 0 Å². The van der Waals surface area contributed by atoms with Crippen molar-refractivity contribution in [1.29, 1.82) is 0 Å². The zero-order valence-electron chi connectivity index (χ0n) is 17.5. The van der Waals surface area contributed by atoms with Gasteiger partial charge in [0.2, 0.25) is 0 Å². The summed E-state index contributed by atoms with van der Waals surface area (Å²) in [5.41, 5.74) is 6.42. The van der Waals surface area contributed by atoms with Gasteiger partial charge in [-0.2, -0.15) is 0 Å². The maximum Gasteiger partial charge on any atom is 0.340 e. The summed E-state index contributed by atoms with van der Waals surface area (Å²) < 4.78 is 4.89. The number of hydrogen-bond donors (Lipinski definition) is 1. The number of carbonyl (C=O) groups excluding carboxylic acids is 1. The van der Waals surface area contributed by atoms with Crippen molar-refractivity contribution in [2.45, 2.75) is 25.2 Å². The molecule has 4 rings (SSSR count). The summed E-state index contributed by atoms with van der Waals surface area (Å²) in [7, 11) is 3.50. The predicted molar refractivity (Wildman–Crippen MR) is 121 cm³/mol. The van der Waals surface area contributed by atoms with Gasteiger partial charge in [-0.15, -0.1) is 0 Å². The molecule has 0 aliphatic heterocycles. The molecular weight excluding hydrogens is 374 g/mol. The van der Waals surface area contributed by atoms with Crippen molar-refractivity contribution >= 4 is 23.0 Å². The molecule has 0 bridgehead atoms. The normalized spacial score (nSPS) is 15.2. The van der Waals surface area contributed by atoms with Crippen LogP contribution < -0.4 is 10.2 Å². The third-order valence-electron chi connectivity index (χ3n) is 5.86. The van der Waals surface area contributed by atoms with E-state index < -0.39 is 0 Å². The monoisotopic (exact) mass is 401 g/mol. The Labute approximate surface area is 177 Å². The molecule has 1 aliphatic carbocycles. The first-order valence-corrected chi connectivity index (χ1v) is 10.3. The second kappa shape index (κ2) is 8.99. The van der Waals surface area contributed by atoms with E-state index in [0.29, 0.717) is 11.5 Å². The van der Waals surface area contributed by atoms with Gasteiger partial charge in [-0.05, 0) is 60.7 Å². The predicted octanol–water partition coefficient (Wildman–Crippen LogP) is 5.17. The van der Waals surface area contributed by atoms with Crippen LogP contribution in [0.15, 0.2) is 67.0 Å². The average molecular weight is 402 g/mol. The highest BCUT2D eigenvalue weighted by atomic mass is 16.5. The lowest BCUT2D eigenvalue weighted by atomic mass is 9.82. The van der Waals surface area contributed by atoms with Gasteiger partial charge in [-0.1, -0.05) is 24.3 Å². The molecule has 30 heavy (non-hydrogen) atoms. The van der Waals surface area contributed by atoms with Crippen LogP contribution in [-0.4, -0.2) is 31.7 Å². The molecule has 154 valence electrons. The molecule has 1 N–H and O–H groups in total. The van der Waals surface area contributed by atoms with Crippen LogP contribution in [0.2, 0.25) is 0 Å². The summed E-state index contributed by atoms with van der Waals surface area (Å²) in [5, 5.41) is 3.43. The van der Waals surface area contributed by atoms with Gasteiger partial charge in [-0.3, -0.25) is 4.98 Å². The maximum atomic E-state index is 12.0. The van der Waals surface area contributed by atoms with Gasteiger partial charge in [0, 0.05) is 37.1 Å². The molecule has 1 aliphatic rings. The molecule has 1 atom stereocenters. The summed E-state index contributed by atoms with van der Waals surface area (Å²) >= 11 is 0. The SMILES string of the molecule is COC(=O)c1ccncc1NC[C@@H]1CCCc2cc(N(C)c3ccccc3)ccc21. The molecule has 0 saturated heterocycles. The Hall–Kier alpha value is -3.34. The molecule has 0 unspecified atom stereocenters. The van der Waals surface area contributed by atoms with Gasteiger partial charge >= 0.3 is 5.97 Å². The first-order chi connectivity index (χ1) is 14.7. The van der Waals surface area contributed by atoms with Gasteiger partial charge in [-0.25, -0.2) is 4.79 Å². The van der Waals surface area contributed by atoms with Crippen molar-refractivity contribution in [2.75, 3.05) is 30.9 Å². The third-order valence-corrected chi connectivity index (χ3v) is 5.86. The van der Waals surface area contributed by atoms with Crippen LogP contribution in [0.25, 0.3) is 0 Å². The van der Waals surface area contributed by atoms with E-state index >= 15 is 0 Å². The lowest BCUT2D eigenvalue weighted by Gasteiger charge is -2.28. The number of rotatable bonds is 6. The Kier molecular flexibility index (Phi) is 5.98. The van der Waals surface area contributed by atoms with Crippen LogP contribution in [0.5, 0.6) is 0 Å². The molecular formula is C25H27N3O2. The number of para-hydroxylation sites is 1. The molecule has 2 aromatic carbocycles.